The van der Waals surface area contributed by atoms with Crippen LogP contribution in [0.3, 0.4) is 0 Å². The van der Waals surface area contributed by atoms with Crippen LogP contribution in [-0.2, 0) is 11.8 Å². The summed E-state index contributed by atoms with van der Waals surface area (Å²) in [6, 6.07) is 1.91. The van der Waals surface area contributed by atoms with Crippen molar-refractivity contribution in [3.63, 3.8) is 0 Å². The van der Waals surface area contributed by atoms with E-state index in [1.807, 2.05) is 19.3 Å². The average Bonchev–Trinajstić information content (AvgIpc) is 2.65. The second-order valence-electron chi connectivity index (χ2n) is 3.96. The lowest BCUT2D eigenvalue weighted by atomic mass is 9.84. The Labute approximate surface area is 88.1 Å². The maximum Gasteiger partial charge on any atom is 0.308 e. The van der Waals surface area contributed by atoms with Crippen LogP contribution in [0.5, 0.6) is 0 Å². The first-order valence-corrected chi connectivity index (χ1v) is 5.11. The third-order valence-corrected chi connectivity index (χ3v) is 2.91. The summed E-state index contributed by atoms with van der Waals surface area (Å²) in [4.78, 5) is 11.1. The monoisotopic (exact) mass is 209 g/mol. The van der Waals surface area contributed by atoms with Crippen molar-refractivity contribution in [3.8, 4) is 0 Å². The highest BCUT2D eigenvalue weighted by Gasteiger charge is 2.33. The fraction of sp³-hybridized carbons (Fsp3) is 0.600. The highest BCUT2D eigenvalue weighted by atomic mass is 16.4. The molecule has 15 heavy (non-hydrogen) atoms. The number of rotatable bonds is 2. The van der Waals surface area contributed by atoms with Gasteiger partial charge in [-0.25, -0.2) is 0 Å². The smallest absolute Gasteiger partial charge is 0.308 e. The Kier molecular flexibility index (Phi) is 2.73. The number of nitrogens with zero attached hydrogens (tertiary/aromatic N) is 2. The summed E-state index contributed by atoms with van der Waals surface area (Å²) < 4.78 is 1.72. The minimum Gasteiger partial charge on any atom is -0.481 e. The number of aryl methyl sites for hydroxylation is 1. The van der Waals surface area contributed by atoms with Gasteiger partial charge >= 0.3 is 5.97 Å². The summed E-state index contributed by atoms with van der Waals surface area (Å²) in [5.41, 5.74) is 0.895. The van der Waals surface area contributed by atoms with Crippen molar-refractivity contribution >= 4 is 5.97 Å². The molecular weight excluding hydrogens is 194 g/mol. The largest absolute Gasteiger partial charge is 0.481 e. The molecule has 1 saturated heterocycles. The van der Waals surface area contributed by atoms with Gasteiger partial charge in [-0.15, -0.1) is 0 Å². The summed E-state index contributed by atoms with van der Waals surface area (Å²) >= 11 is 0. The molecule has 0 bridgehead atoms. The van der Waals surface area contributed by atoms with Gasteiger partial charge in [0.25, 0.3) is 0 Å². The van der Waals surface area contributed by atoms with E-state index in [4.69, 9.17) is 5.11 Å². The fourth-order valence-electron chi connectivity index (χ4n) is 2.10. The molecule has 1 fully saturated rings. The van der Waals surface area contributed by atoms with Gasteiger partial charge in [0.15, 0.2) is 0 Å². The van der Waals surface area contributed by atoms with Crippen LogP contribution in [0.15, 0.2) is 12.3 Å². The number of carboxylic acid groups (broad SMARTS) is 1. The van der Waals surface area contributed by atoms with E-state index in [1.54, 1.807) is 4.68 Å². The fourth-order valence-corrected chi connectivity index (χ4v) is 2.10. The van der Waals surface area contributed by atoms with Crippen LogP contribution >= 0.6 is 0 Å². The summed E-state index contributed by atoms with van der Waals surface area (Å²) in [6.45, 7) is 1.40. The minimum absolute atomic E-state index is 0.0462. The zero-order valence-corrected chi connectivity index (χ0v) is 8.68. The van der Waals surface area contributed by atoms with Gasteiger partial charge < -0.3 is 10.4 Å². The maximum absolute atomic E-state index is 11.1. The Hall–Kier alpha value is -1.36. The zero-order chi connectivity index (χ0) is 10.8. The first kappa shape index (κ1) is 10.2. The first-order valence-electron chi connectivity index (χ1n) is 5.11. The van der Waals surface area contributed by atoms with Gasteiger partial charge in [-0.3, -0.25) is 9.48 Å². The SMILES string of the molecule is Cn1ccc(C2CCNCC2C(=O)O)n1. The zero-order valence-electron chi connectivity index (χ0n) is 8.68. The summed E-state index contributed by atoms with van der Waals surface area (Å²) in [6.07, 6.45) is 2.70. The minimum atomic E-state index is -0.738. The second kappa shape index (κ2) is 4.02. The third-order valence-electron chi connectivity index (χ3n) is 2.91. The van der Waals surface area contributed by atoms with Crippen molar-refractivity contribution in [2.45, 2.75) is 12.3 Å². The van der Waals surface area contributed by atoms with Crippen LogP contribution in [0.4, 0.5) is 0 Å². The number of hydrogen-bond donors (Lipinski definition) is 2. The molecule has 0 saturated carbocycles. The van der Waals surface area contributed by atoms with E-state index in [2.05, 4.69) is 10.4 Å². The molecule has 0 aromatic carbocycles. The summed E-state index contributed by atoms with van der Waals surface area (Å²) in [7, 11) is 1.85. The van der Waals surface area contributed by atoms with Crippen LogP contribution in [-0.4, -0.2) is 33.9 Å². The lowest BCUT2D eigenvalue weighted by molar-refractivity contribution is -0.143. The molecule has 2 atom stereocenters. The van der Waals surface area contributed by atoms with Crippen LogP contribution in [0, 0.1) is 5.92 Å². The van der Waals surface area contributed by atoms with Crippen molar-refractivity contribution in [2.75, 3.05) is 13.1 Å². The molecule has 0 amide bonds. The number of hydrogen-bond acceptors (Lipinski definition) is 3. The quantitative estimate of drug-likeness (QED) is 0.730. The molecule has 1 aliphatic rings. The Morgan fingerprint density at radius 1 is 1.73 bits per heavy atom. The Balaban J connectivity index is 2.21. The topological polar surface area (TPSA) is 67.2 Å². The highest BCUT2D eigenvalue weighted by molar-refractivity contribution is 5.71. The molecule has 5 heteroatoms. The Morgan fingerprint density at radius 2 is 2.53 bits per heavy atom. The van der Waals surface area contributed by atoms with E-state index in [-0.39, 0.29) is 11.8 Å². The molecule has 2 rings (SSSR count). The highest BCUT2D eigenvalue weighted by Crippen LogP contribution is 2.29. The van der Waals surface area contributed by atoms with E-state index in [1.165, 1.54) is 0 Å². The van der Waals surface area contributed by atoms with Crippen LogP contribution in [0.1, 0.15) is 18.0 Å². The molecule has 1 aromatic heterocycles. The summed E-state index contributed by atoms with van der Waals surface area (Å²) in [5.74, 6) is -1.04. The van der Waals surface area contributed by atoms with Gasteiger partial charge in [-0.05, 0) is 19.0 Å². The predicted octanol–water partition coefficient (Wildman–Crippen LogP) is 0.198. The van der Waals surface area contributed by atoms with Crippen molar-refractivity contribution < 1.29 is 9.90 Å². The lowest BCUT2D eigenvalue weighted by Gasteiger charge is -2.27. The first-order chi connectivity index (χ1) is 7.18. The van der Waals surface area contributed by atoms with Crippen molar-refractivity contribution in [1.82, 2.24) is 15.1 Å². The molecule has 5 nitrogen and oxygen atoms in total. The maximum atomic E-state index is 11.1. The molecule has 2 N–H and O–H groups in total. The average molecular weight is 209 g/mol. The van der Waals surface area contributed by atoms with Gasteiger partial charge in [0.05, 0.1) is 11.6 Å². The molecule has 1 aromatic rings. The van der Waals surface area contributed by atoms with E-state index in [0.29, 0.717) is 6.54 Å². The van der Waals surface area contributed by atoms with Crippen molar-refractivity contribution in [3.05, 3.63) is 18.0 Å². The van der Waals surface area contributed by atoms with Crippen LogP contribution in [0.25, 0.3) is 0 Å². The Bertz CT molecular complexity index is 361. The van der Waals surface area contributed by atoms with Crippen molar-refractivity contribution in [2.24, 2.45) is 13.0 Å². The molecule has 2 unspecified atom stereocenters. The lowest BCUT2D eigenvalue weighted by Crippen LogP contribution is -2.39. The summed E-state index contributed by atoms with van der Waals surface area (Å²) in [5, 5.41) is 16.5. The van der Waals surface area contributed by atoms with E-state index < -0.39 is 5.97 Å². The van der Waals surface area contributed by atoms with Gasteiger partial charge in [0.2, 0.25) is 0 Å². The molecule has 0 aliphatic carbocycles. The number of nitrogens with one attached hydrogen (secondary N) is 1. The molecular formula is C10H15N3O2. The third kappa shape index (κ3) is 2.02. The van der Waals surface area contributed by atoms with E-state index in [0.717, 1.165) is 18.7 Å². The molecule has 1 aliphatic heterocycles. The van der Waals surface area contributed by atoms with Gasteiger partial charge in [-0.1, -0.05) is 0 Å². The number of aromatic nitrogens is 2. The number of carbonyl (C=O) groups is 1. The Morgan fingerprint density at radius 3 is 3.13 bits per heavy atom. The van der Waals surface area contributed by atoms with E-state index >= 15 is 0 Å². The van der Waals surface area contributed by atoms with Crippen molar-refractivity contribution in [1.29, 1.82) is 0 Å². The number of piperidine rings is 1. The van der Waals surface area contributed by atoms with Crippen LogP contribution in [0.2, 0.25) is 0 Å². The van der Waals surface area contributed by atoms with E-state index in [9.17, 15) is 4.79 Å². The van der Waals surface area contributed by atoms with Gasteiger partial charge in [0.1, 0.15) is 0 Å². The number of aliphatic carboxylic acids is 1. The van der Waals surface area contributed by atoms with Crippen LogP contribution < -0.4 is 5.32 Å². The molecule has 2 heterocycles. The normalized spacial score (nSPS) is 26.5. The van der Waals surface area contributed by atoms with Gasteiger partial charge in [0, 0.05) is 25.7 Å². The van der Waals surface area contributed by atoms with Gasteiger partial charge in [-0.2, -0.15) is 5.10 Å². The molecule has 0 spiro atoms. The standard InChI is InChI=1S/C10H15N3O2/c1-13-5-3-9(12-13)7-2-4-11-6-8(7)10(14)15/h3,5,7-8,11H,2,4,6H2,1H3,(H,14,15). The molecule has 82 valence electrons. The second-order valence-corrected chi connectivity index (χ2v) is 3.96. The molecule has 0 radical (unpaired) electrons. The number of carboxylic acids is 1. The predicted molar refractivity (Wildman–Crippen MR) is 54.6 cm³/mol.